The average Bonchev–Trinajstić information content (AvgIpc) is 3.00. The van der Waals surface area contributed by atoms with Gasteiger partial charge >= 0.3 is 5.97 Å². The second-order valence-corrected chi connectivity index (χ2v) is 5.12. The maximum Gasteiger partial charge on any atom is 0.318 e. The first-order valence-electron chi connectivity index (χ1n) is 6.97. The molecular weight excluding hydrogens is 256 g/mol. The Morgan fingerprint density at radius 3 is 2.80 bits per heavy atom. The van der Waals surface area contributed by atoms with Crippen molar-refractivity contribution in [2.45, 2.75) is 32.2 Å². The molecule has 1 N–H and O–H groups in total. The minimum Gasteiger partial charge on any atom is -0.468 e. The van der Waals surface area contributed by atoms with Crippen LogP contribution in [-0.4, -0.2) is 24.0 Å². The van der Waals surface area contributed by atoms with Crippen LogP contribution in [0.3, 0.4) is 0 Å². The highest BCUT2D eigenvalue weighted by molar-refractivity contribution is 5.98. The molecule has 1 aliphatic rings. The third-order valence-corrected chi connectivity index (χ3v) is 3.80. The first-order valence-corrected chi connectivity index (χ1v) is 6.97. The molecule has 5 nitrogen and oxygen atoms in total. The molecule has 0 unspecified atom stereocenters. The van der Waals surface area contributed by atoms with Crippen LogP contribution in [0.2, 0.25) is 0 Å². The molecule has 1 atom stereocenters. The van der Waals surface area contributed by atoms with E-state index in [2.05, 4.69) is 10.3 Å². The summed E-state index contributed by atoms with van der Waals surface area (Å²) in [5.41, 5.74) is 0.913. The molecule has 0 aromatic carbocycles. The standard InChI is InChI=1S/C15H20N2O3/c1-20-15(19)13(12-6-2-3-7-12)14(18)17-10-11-5-4-8-16-9-11/h4-5,8-9,12-13H,2-3,6-7,10H2,1H3,(H,17,18)/t13-/m1/s1. The number of aromatic nitrogens is 1. The van der Waals surface area contributed by atoms with Crippen LogP contribution in [0.4, 0.5) is 0 Å². The van der Waals surface area contributed by atoms with E-state index in [1.165, 1.54) is 7.11 Å². The molecule has 1 amide bonds. The number of hydrogen-bond acceptors (Lipinski definition) is 4. The average molecular weight is 276 g/mol. The summed E-state index contributed by atoms with van der Waals surface area (Å²) in [5.74, 6) is -1.25. The van der Waals surface area contributed by atoms with E-state index >= 15 is 0 Å². The third kappa shape index (κ3) is 3.56. The first kappa shape index (κ1) is 14.5. The quantitative estimate of drug-likeness (QED) is 0.656. The molecule has 0 aliphatic heterocycles. The van der Waals surface area contributed by atoms with E-state index in [4.69, 9.17) is 4.74 Å². The number of methoxy groups -OCH3 is 1. The predicted octanol–water partition coefficient (Wildman–Crippen LogP) is 1.68. The fraction of sp³-hybridized carbons (Fsp3) is 0.533. The van der Waals surface area contributed by atoms with Gasteiger partial charge < -0.3 is 10.1 Å². The maximum absolute atomic E-state index is 12.3. The van der Waals surface area contributed by atoms with Crippen LogP contribution in [0, 0.1) is 11.8 Å². The molecule has 20 heavy (non-hydrogen) atoms. The molecule has 5 heteroatoms. The SMILES string of the molecule is COC(=O)[C@@H](C(=O)NCc1cccnc1)C1CCCC1. The first-order chi connectivity index (χ1) is 9.72. The van der Waals surface area contributed by atoms with Crippen molar-refractivity contribution < 1.29 is 14.3 Å². The number of esters is 1. The Morgan fingerprint density at radius 2 is 2.20 bits per heavy atom. The maximum atomic E-state index is 12.3. The summed E-state index contributed by atoms with van der Waals surface area (Å²) >= 11 is 0. The van der Waals surface area contributed by atoms with Gasteiger partial charge in [0.25, 0.3) is 0 Å². The molecule has 0 bridgehead atoms. The Kier molecular flexibility index (Phi) is 5.09. The van der Waals surface area contributed by atoms with E-state index in [0.717, 1.165) is 31.2 Å². The van der Waals surface area contributed by atoms with E-state index < -0.39 is 11.9 Å². The van der Waals surface area contributed by atoms with Crippen LogP contribution in [0.1, 0.15) is 31.2 Å². The van der Waals surface area contributed by atoms with Crippen molar-refractivity contribution in [2.75, 3.05) is 7.11 Å². The highest BCUT2D eigenvalue weighted by Crippen LogP contribution is 2.32. The van der Waals surface area contributed by atoms with Crippen molar-refractivity contribution in [3.05, 3.63) is 30.1 Å². The van der Waals surface area contributed by atoms with E-state index in [1.807, 2.05) is 12.1 Å². The molecule has 1 heterocycles. The van der Waals surface area contributed by atoms with Crippen LogP contribution >= 0.6 is 0 Å². The molecule has 1 aliphatic carbocycles. The van der Waals surface area contributed by atoms with Crippen molar-refractivity contribution in [3.63, 3.8) is 0 Å². The molecule has 2 rings (SSSR count). The van der Waals surface area contributed by atoms with Crippen molar-refractivity contribution in [1.29, 1.82) is 0 Å². The number of carbonyl (C=O) groups is 2. The van der Waals surface area contributed by atoms with Gasteiger partial charge in [0.15, 0.2) is 0 Å². The predicted molar refractivity (Wildman–Crippen MR) is 73.5 cm³/mol. The summed E-state index contributed by atoms with van der Waals surface area (Å²) in [5, 5.41) is 2.81. The van der Waals surface area contributed by atoms with Crippen LogP contribution in [-0.2, 0) is 20.9 Å². The van der Waals surface area contributed by atoms with Crippen LogP contribution in [0.15, 0.2) is 24.5 Å². The highest BCUT2D eigenvalue weighted by atomic mass is 16.5. The Hall–Kier alpha value is -1.91. The van der Waals surface area contributed by atoms with Crippen molar-refractivity contribution in [2.24, 2.45) is 11.8 Å². The highest BCUT2D eigenvalue weighted by Gasteiger charge is 2.37. The second-order valence-electron chi connectivity index (χ2n) is 5.12. The Bertz CT molecular complexity index is 455. The lowest BCUT2D eigenvalue weighted by atomic mass is 9.90. The van der Waals surface area contributed by atoms with Gasteiger partial charge in [-0.05, 0) is 30.4 Å². The van der Waals surface area contributed by atoms with Gasteiger partial charge in [-0.25, -0.2) is 0 Å². The normalized spacial score (nSPS) is 16.6. The molecular formula is C15H20N2O3. The number of rotatable bonds is 5. The summed E-state index contributed by atoms with van der Waals surface area (Å²) in [6.07, 6.45) is 7.37. The van der Waals surface area contributed by atoms with Gasteiger partial charge in [0.2, 0.25) is 5.91 Å². The monoisotopic (exact) mass is 276 g/mol. The molecule has 0 spiro atoms. The number of nitrogens with one attached hydrogen (secondary N) is 1. The van der Waals surface area contributed by atoms with Gasteiger partial charge in [0, 0.05) is 18.9 Å². The number of pyridine rings is 1. The van der Waals surface area contributed by atoms with Gasteiger partial charge in [0.1, 0.15) is 5.92 Å². The fourth-order valence-electron chi connectivity index (χ4n) is 2.73. The van der Waals surface area contributed by atoms with E-state index in [-0.39, 0.29) is 11.8 Å². The lowest BCUT2D eigenvalue weighted by Crippen LogP contribution is -2.39. The molecule has 1 aromatic rings. The van der Waals surface area contributed by atoms with Crippen LogP contribution in [0.25, 0.3) is 0 Å². The molecule has 108 valence electrons. The van der Waals surface area contributed by atoms with Gasteiger partial charge in [-0.15, -0.1) is 0 Å². The second kappa shape index (κ2) is 7.03. The van der Waals surface area contributed by atoms with E-state index in [0.29, 0.717) is 6.54 Å². The number of nitrogens with zero attached hydrogens (tertiary/aromatic N) is 1. The van der Waals surface area contributed by atoms with Crippen LogP contribution in [0.5, 0.6) is 0 Å². The smallest absolute Gasteiger partial charge is 0.318 e. The number of amides is 1. The summed E-state index contributed by atoms with van der Waals surface area (Å²) in [7, 11) is 1.33. The summed E-state index contributed by atoms with van der Waals surface area (Å²) in [6, 6.07) is 3.70. The molecule has 0 radical (unpaired) electrons. The Labute approximate surface area is 118 Å². The van der Waals surface area contributed by atoms with Gasteiger partial charge in [0.05, 0.1) is 7.11 Å². The Balaban J connectivity index is 1.97. The van der Waals surface area contributed by atoms with Crippen molar-refractivity contribution in [3.8, 4) is 0 Å². The van der Waals surface area contributed by atoms with Crippen LogP contribution < -0.4 is 5.32 Å². The fourth-order valence-corrected chi connectivity index (χ4v) is 2.73. The molecule has 1 fully saturated rings. The summed E-state index contributed by atoms with van der Waals surface area (Å²) < 4.78 is 4.79. The zero-order chi connectivity index (χ0) is 14.4. The summed E-state index contributed by atoms with van der Waals surface area (Å²) in [4.78, 5) is 28.1. The van der Waals surface area contributed by atoms with E-state index in [1.54, 1.807) is 12.4 Å². The summed E-state index contributed by atoms with van der Waals surface area (Å²) in [6.45, 7) is 0.382. The molecule has 1 aromatic heterocycles. The minimum atomic E-state index is -0.681. The zero-order valence-electron chi connectivity index (χ0n) is 11.7. The third-order valence-electron chi connectivity index (χ3n) is 3.80. The van der Waals surface area contributed by atoms with Gasteiger partial charge in [-0.3, -0.25) is 14.6 Å². The van der Waals surface area contributed by atoms with E-state index in [9.17, 15) is 9.59 Å². The largest absolute Gasteiger partial charge is 0.468 e. The zero-order valence-corrected chi connectivity index (χ0v) is 11.7. The lowest BCUT2D eigenvalue weighted by Gasteiger charge is -2.20. The molecule has 1 saturated carbocycles. The lowest BCUT2D eigenvalue weighted by molar-refractivity contribution is -0.152. The van der Waals surface area contributed by atoms with Crippen molar-refractivity contribution in [1.82, 2.24) is 10.3 Å². The Morgan fingerprint density at radius 1 is 1.45 bits per heavy atom. The molecule has 0 saturated heterocycles. The topological polar surface area (TPSA) is 68.3 Å². The van der Waals surface area contributed by atoms with Crippen molar-refractivity contribution >= 4 is 11.9 Å². The number of carbonyl (C=O) groups excluding carboxylic acids is 2. The number of ether oxygens (including phenoxy) is 1. The van der Waals surface area contributed by atoms with Gasteiger partial charge in [-0.1, -0.05) is 18.9 Å². The number of hydrogen-bond donors (Lipinski definition) is 1. The van der Waals surface area contributed by atoms with Gasteiger partial charge in [-0.2, -0.15) is 0 Å². The minimum absolute atomic E-state index is 0.108.